The molecule has 0 saturated heterocycles. The van der Waals surface area contributed by atoms with Crippen LogP contribution in [-0.2, 0) is 22.9 Å². The molecular formula is C20H25NO4S. The Morgan fingerprint density at radius 2 is 1.81 bits per heavy atom. The maximum atomic E-state index is 12.1. The fourth-order valence-electron chi connectivity index (χ4n) is 2.73. The molecule has 2 rings (SSSR count). The SMILES string of the molecule is CCCCS(=O)(=O)Nc1ccccc1CCCc1cccc(C(=O)O)c1. The van der Waals surface area contributed by atoms with E-state index in [0.29, 0.717) is 18.5 Å². The van der Waals surface area contributed by atoms with Crippen molar-refractivity contribution in [3.05, 3.63) is 65.2 Å². The summed E-state index contributed by atoms with van der Waals surface area (Å²) in [4.78, 5) is 11.0. The van der Waals surface area contributed by atoms with Gasteiger partial charge in [-0.15, -0.1) is 0 Å². The first-order valence-corrected chi connectivity index (χ1v) is 10.5. The molecule has 0 bridgehead atoms. The molecule has 0 unspecified atom stereocenters. The molecule has 5 nitrogen and oxygen atoms in total. The van der Waals surface area contributed by atoms with Gasteiger partial charge < -0.3 is 5.11 Å². The van der Waals surface area contributed by atoms with Crippen molar-refractivity contribution in [3.63, 3.8) is 0 Å². The maximum Gasteiger partial charge on any atom is 0.335 e. The molecule has 6 heteroatoms. The van der Waals surface area contributed by atoms with Gasteiger partial charge in [-0.05, 0) is 55.0 Å². The Bertz CT molecular complexity index is 846. The van der Waals surface area contributed by atoms with Crippen LogP contribution in [-0.4, -0.2) is 25.2 Å². The largest absolute Gasteiger partial charge is 0.478 e. The van der Waals surface area contributed by atoms with Crippen molar-refractivity contribution in [1.82, 2.24) is 0 Å². The second kappa shape index (κ2) is 9.38. The molecular weight excluding hydrogens is 350 g/mol. The lowest BCUT2D eigenvalue weighted by Crippen LogP contribution is -2.17. The molecule has 0 aromatic heterocycles. The summed E-state index contributed by atoms with van der Waals surface area (Å²) in [5.74, 6) is -0.807. The summed E-state index contributed by atoms with van der Waals surface area (Å²) >= 11 is 0. The highest BCUT2D eigenvalue weighted by atomic mass is 32.2. The van der Waals surface area contributed by atoms with Crippen LogP contribution in [0.4, 0.5) is 5.69 Å². The van der Waals surface area contributed by atoms with Crippen molar-refractivity contribution >= 4 is 21.7 Å². The monoisotopic (exact) mass is 375 g/mol. The van der Waals surface area contributed by atoms with Crippen molar-refractivity contribution in [1.29, 1.82) is 0 Å². The number of carbonyl (C=O) groups is 1. The highest BCUT2D eigenvalue weighted by Gasteiger charge is 2.12. The second-order valence-electron chi connectivity index (χ2n) is 6.29. The number of carboxylic acids is 1. The van der Waals surface area contributed by atoms with Gasteiger partial charge in [-0.25, -0.2) is 13.2 Å². The van der Waals surface area contributed by atoms with Crippen LogP contribution in [0.15, 0.2) is 48.5 Å². The molecule has 2 aromatic rings. The Morgan fingerprint density at radius 3 is 2.54 bits per heavy atom. The third-order valence-corrected chi connectivity index (χ3v) is 5.49. The molecule has 0 heterocycles. The van der Waals surface area contributed by atoms with E-state index in [4.69, 9.17) is 5.11 Å². The molecule has 0 fully saturated rings. The summed E-state index contributed by atoms with van der Waals surface area (Å²) in [5, 5.41) is 9.05. The molecule has 2 aromatic carbocycles. The molecule has 0 radical (unpaired) electrons. The van der Waals surface area contributed by atoms with Crippen LogP contribution >= 0.6 is 0 Å². The average Bonchev–Trinajstić information content (AvgIpc) is 2.61. The minimum Gasteiger partial charge on any atom is -0.478 e. The van der Waals surface area contributed by atoms with Gasteiger partial charge in [-0.1, -0.05) is 43.7 Å². The number of carboxylic acid groups (broad SMARTS) is 1. The Labute approximate surface area is 155 Å². The van der Waals surface area contributed by atoms with Crippen LogP contribution < -0.4 is 4.72 Å². The fourth-order valence-corrected chi connectivity index (χ4v) is 4.04. The molecule has 0 amide bonds. The summed E-state index contributed by atoms with van der Waals surface area (Å²) in [6.07, 6.45) is 3.72. The number of hydrogen-bond acceptors (Lipinski definition) is 3. The highest BCUT2D eigenvalue weighted by Crippen LogP contribution is 2.20. The minimum atomic E-state index is -3.33. The van der Waals surface area contributed by atoms with Gasteiger partial charge in [0.2, 0.25) is 10.0 Å². The van der Waals surface area contributed by atoms with E-state index in [-0.39, 0.29) is 11.3 Å². The number of nitrogens with one attached hydrogen (secondary N) is 1. The summed E-state index contributed by atoms with van der Waals surface area (Å²) in [6, 6.07) is 14.3. The lowest BCUT2D eigenvalue weighted by molar-refractivity contribution is 0.0696. The number of para-hydroxylation sites is 1. The number of unbranched alkanes of at least 4 members (excludes halogenated alkanes) is 1. The van der Waals surface area contributed by atoms with E-state index in [1.165, 1.54) is 0 Å². The Morgan fingerprint density at radius 1 is 1.04 bits per heavy atom. The van der Waals surface area contributed by atoms with Crippen molar-refractivity contribution in [3.8, 4) is 0 Å². The Hall–Kier alpha value is -2.34. The van der Waals surface area contributed by atoms with Crippen molar-refractivity contribution in [2.24, 2.45) is 0 Å². The van der Waals surface area contributed by atoms with Gasteiger partial charge in [-0.3, -0.25) is 4.72 Å². The molecule has 0 atom stereocenters. The van der Waals surface area contributed by atoms with Crippen LogP contribution in [0.3, 0.4) is 0 Å². The number of benzene rings is 2. The third kappa shape index (κ3) is 6.19. The summed E-state index contributed by atoms with van der Waals surface area (Å²) in [7, 11) is -3.33. The zero-order valence-electron chi connectivity index (χ0n) is 14.9. The van der Waals surface area contributed by atoms with Crippen molar-refractivity contribution in [2.75, 3.05) is 10.5 Å². The normalized spacial score (nSPS) is 11.3. The maximum absolute atomic E-state index is 12.1. The highest BCUT2D eigenvalue weighted by molar-refractivity contribution is 7.92. The molecule has 26 heavy (non-hydrogen) atoms. The molecule has 0 saturated carbocycles. The van der Waals surface area contributed by atoms with Gasteiger partial charge in [-0.2, -0.15) is 0 Å². The fraction of sp³-hybridized carbons (Fsp3) is 0.350. The van der Waals surface area contributed by atoms with Crippen LogP contribution in [0.2, 0.25) is 0 Å². The predicted molar refractivity (Wildman–Crippen MR) is 104 cm³/mol. The molecule has 140 valence electrons. The number of aryl methyl sites for hydroxylation is 2. The van der Waals surface area contributed by atoms with Crippen molar-refractivity contribution in [2.45, 2.75) is 39.0 Å². The van der Waals surface area contributed by atoms with Gasteiger partial charge >= 0.3 is 5.97 Å². The smallest absolute Gasteiger partial charge is 0.335 e. The third-order valence-electron chi connectivity index (χ3n) is 4.13. The topological polar surface area (TPSA) is 83.5 Å². The molecule has 0 aliphatic heterocycles. The van der Waals surface area contributed by atoms with E-state index in [9.17, 15) is 13.2 Å². The number of sulfonamides is 1. The lowest BCUT2D eigenvalue weighted by Gasteiger charge is -2.12. The first kappa shape index (κ1) is 20.0. The predicted octanol–water partition coefficient (Wildman–Crippen LogP) is 4.10. The summed E-state index contributed by atoms with van der Waals surface area (Å²) in [6.45, 7) is 1.96. The Kier molecular flexibility index (Phi) is 7.21. The zero-order valence-corrected chi connectivity index (χ0v) is 15.8. The van der Waals surface area contributed by atoms with Gasteiger partial charge in [0.15, 0.2) is 0 Å². The van der Waals surface area contributed by atoms with Gasteiger partial charge in [0.25, 0.3) is 0 Å². The summed E-state index contributed by atoms with van der Waals surface area (Å²) < 4.78 is 27.0. The van der Waals surface area contributed by atoms with E-state index in [0.717, 1.165) is 30.4 Å². The van der Waals surface area contributed by atoms with Crippen LogP contribution in [0, 0.1) is 0 Å². The van der Waals surface area contributed by atoms with Crippen molar-refractivity contribution < 1.29 is 18.3 Å². The first-order valence-electron chi connectivity index (χ1n) is 8.82. The number of aromatic carboxylic acids is 1. The summed E-state index contributed by atoms with van der Waals surface area (Å²) in [5.41, 5.74) is 2.82. The number of hydrogen-bond donors (Lipinski definition) is 2. The molecule has 0 aliphatic carbocycles. The van der Waals surface area contributed by atoms with Gasteiger partial charge in [0.1, 0.15) is 0 Å². The lowest BCUT2D eigenvalue weighted by atomic mass is 10.0. The standard InChI is InChI=1S/C20H25NO4S/c1-2-3-14-26(24,25)21-19-13-5-4-10-17(19)11-6-8-16-9-7-12-18(15-16)20(22)23/h4-5,7,9-10,12-13,15,21H,2-3,6,8,11,14H2,1H3,(H,22,23). The van der Waals surface area contributed by atoms with Crippen LogP contribution in [0.1, 0.15) is 47.7 Å². The van der Waals surface area contributed by atoms with E-state index in [2.05, 4.69) is 4.72 Å². The molecule has 0 spiro atoms. The van der Waals surface area contributed by atoms with E-state index < -0.39 is 16.0 Å². The minimum absolute atomic E-state index is 0.125. The number of rotatable bonds is 10. The first-order chi connectivity index (χ1) is 12.4. The van der Waals surface area contributed by atoms with Crippen LogP contribution in [0.25, 0.3) is 0 Å². The second-order valence-corrected chi connectivity index (χ2v) is 8.13. The van der Waals surface area contributed by atoms with E-state index >= 15 is 0 Å². The van der Waals surface area contributed by atoms with Gasteiger partial charge in [0, 0.05) is 0 Å². The molecule has 0 aliphatic rings. The Balaban J connectivity index is 2.00. The molecule has 2 N–H and O–H groups in total. The van der Waals surface area contributed by atoms with E-state index in [1.54, 1.807) is 24.3 Å². The average molecular weight is 375 g/mol. The quantitative estimate of drug-likeness (QED) is 0.655. The zero-order chi connectivity index (χ0) is 19.0. The number of anilines is 1. The van der Waals surface area contributed by atoms with Crippen LogP contribution in [0.5, 0.6) is 0 Å². The van der Waals surface area contributed by atoms with Gasteiger partial charge in [0.05, 0.1) is 17.0 Å². The van der Waals surface area contributed by atoms with E-state index in [1.807, 2.05) is 31.2 Å².